The number of rotatable bonds is 6. The fourth-order valence-corrected chi connectivity index (χ4v) is 2.35. The summed E-state index contributed by atoms with van der Waals surface area (Å²) in [6, 6.07) is 6.87. The highest BCUT2D eigenvalue weighted by molar-refractivity contribution is 6.30. The van der Waals surface area contributed by atoms with E-state index in [4.69, 9.17) is 16.3 Å². The van der Waals surface area contributed by atoms with Gasteiger partial charge in [0.05, 0.1) is 25.7 Å². The van der Waals surface area contributed by atoms with Gasteiger partial charge in [0.2, 0.25) is 5.91 Å². The van der Waals surface area contributed by atoms with Gasteiger partial charge < -0.3 is 15.2 Å². The van der Waals surface area contributed by atoms with Crippen LogP contribution in [0.15, 0.2) is 24.3 Å². The zero-order valence-corrected chi connectivity index (χ0v) is 12.7. The molecule has 21 heavy (non-hydrogen) atoms. The molecule has 0 bridgehead atoms. The van der Waals surface area contributed by atoms with E-state index < -0.39 is 6.10 Å². The van der Waals surface area contributed by atoms with Crippen molar-refractivity contribution in [1.82, 2.24) is 10.2 Å². The lowest BCUT2D eigenvalue weighted by Gasteiger charge is -2.26. The van der Waals surface area contributed by atoms with Crippen LogP contribution < -0.4 is 5.32 Å². The largest absolute Gasteiger partial charge is 0.388 e. The van der Waals surface area contributed by atoms with Gasteiger partial charge in [-0.2, -0.15) is 0 Å². The van der Waals surface area contributed by atoms with Crippen molar-refractivity contribution in [1.29, 1.82) is 0 Å². The molecule has 1 amide bonds. The highest BCUT2D eigenvalue weighted by atomic mass is 35.5. The van der Waals surface area contributed by atoms with Crippen molar-refractivity contribution < 1.29 is 14.6 Å². The number of hydrogen-bond acceptors (Lipinski definition) is 4. The highest BCUT2D eigenvalue weighted by Gasteiger charge is 2.14. The first kappa shape index (κ1) is 16.2. The van der Waals surface area contributed by atoms with Gasteiger partial charge >= 0.3 is 0 Å². The van der Waals surface area contributed by atoms with E-state index in [1.807, 2.05) is 0 Å². The Morgan fingerprint density at radius 3 is 2.67 bits per heavy atom. The summed E-state index contributed by atoms with van der Waals surface area (Å²) in [7, 11) is 0. The monoisotopic (exact) mass is 312 g/mol. The first-order valence-corrected chi connectivity index (χ1v) is 7.53. The number of carbonyl (C=O) groups excluding carboxylic acids is 1. The summed E-state index contributed by atoms with van der Waals surface area (Å²) in [5.74, 6) is -0.147. The Labute approximate surface area is 129 Å². The first-order valence-electron chi connectivity index (χ1n) is 7.15. The van der Waals surface area contributed by atoms with E-state index >= 15 is 0 Å². The SMILES string of the molecule is O=C(CC(O)c1ccc(Cl)cc1)NCCN1CCOCC1. The minimum absolute atomic E-state index is 0.0603. The van der Waals surface area contributed by atoms with Gasteiger partial charge in [-0.25, -0.2) is 0 Å². The smallest absolute Gasteiger partial charge is 0.223 e. The Morgan fingerprint density at radius 2 is 2.00 bits per heavy atom. The van der Waals surface area contributed by atoms with Gasteiger partial charge in [-0.3, -0.25) is 9.69 Å². The normalized spacial score (nSPS) is 17.4. The average molecular weight is 313 g/mol. The topological polar surface area (TPSA) is 61.8 Å². The lowest BCUT2D eigenvalue weighted by atomic mass is 10.1. The lowest BCUT2D eigenvalue weighted by molar-refractivity contribution is -0.123. The molecule has 1 unspecified atom stereocenters. The molecule has 5 nitrogen and oxygen atoms in total. The number of nitrogens with zero attached hydrogens (tertiary/aromatic N) is 1. The van der Waals surface area contributed by atoms with Gasteiger partial charge in [-0.05, 0) is 17.7 Å². The quantitative estimate of drug-likeness (QED) is 0.829. The van der Waals surface area contributed by atoms with E-state index in [0.29, 0.717) is 17.1 Å². The Kier molecular flexibility index (Phi) is 6.45. The van der Waals surface area contributed by atoms with Crippen LogP contribution in [0.3, 0.4) is 0 Å². The minimum Gasteiger partial charge on any atom is -0.388 e. The number of nitrogens with one attached hydrogen (secondary N) is 1. The highest BCUT2D eigenvalue weighted by Crippen LogP contribution is 2.18. The molecule has 116 valence electrons. The maximum Gasteiger partial charge on any atom is 0.223 e. The molecule has 0 aromatic heterocycles. The number of ether oxygens (including phenoxy) is 1. The minimum atomic E-state index is -0.800. The zero-order valence-electron chi connectivity index (χ0n) is 11.9. The van der Waals surface area contributed by atoms with E-state index in [-0.39, 0.29) is 12.3 Å². The van der Waals surface area contributed by atoms with Crippen LogP contribution in [0.2, 0.25) is 5.02 Å². The molecule has 1 heterocycles. The van der Waals surface area contributed by atoms with Crippen LogP contribution >= 0.6 is 11.6 Å². The molecule has 0 saturated carbocycles. The van der Waals surface area contributed by atoms with Gasteiger partial charge in [-0.1, -0.05) is 23.7 Å². The summed E-state index contributed by atoms with van der Waals surface area (Å²) in [6.45, 7) is 4.72. The number of aliphatic hydroxyl groups excluding tert-OH is 1. The Balaban J connectivity index is 1.67. The molecule has 1 aliphatic rings. The molecule has 1 atom stereocenters. The van der Waals surface area contributed by atoms with Crippen LogP contribution in [0.5, 0.6) is 0 Å². The van der Waals surface area contributed by atoms with Gasteiger partial charge in [0.15, 0.2) is 0 Å². The van der Waals surface area contributed by atoms with Crippen molar-refractivity contribution in [3.05, 3.63) is 34.9 Å². The summed E-state index contributed by atoms with van der Waals surface area (Å²) < 4.78 is 5.27. The zero-order chi connectivity index (χ0) is 15.1. The van der Waals surface area contributed by atoms with Crippen LogP contribution in [0.4, 0.5) is 0 Å². The molecule has 2 rings (SSSR count). The van der Waals surface area contributed by atoms with Crippen molar-refractivity contribution in [3.63, 3.8) is 0 Å². The Morgan fingerprint density at radius 1 is 1.33 bits per heavy atom. The molecule has 1 saturated heterocycles. The number of morpholine rings is 1. The second kappa shape index (κ2) is 8.34. The molecule has 2 N–H and O–H groups in total. The summed E-state index contributed by atoms with van der Waals surface area (Å²) in [5, 5.41) is 13.4. The molecular weight excluding hydrogens is 292 g/mol. The summed E-state index contributed by atoms with van der Waals surface area (Å²) in [4.78, 5) is 14.0. The van der Waals surface area contributed by atoms with Crippen molar-refractivity contribution in [3.8, 4) is 0 Å². The van der Waals surface area contributed by atoms with Crippen LogP contribution in [-0.4, -0.2) is 55.3 Å². The number of carbonyl (C=O) groups is 1. The van der Waals surface area contributed by atoms with E-state index in [9.17, 15) is 9.90 Å². The summed E-state index contributed by atoms with van der Waals surface area (Å²) in [5.41, 5.74) is 0.697. The molecule has 6 heteroatoms. The fraction of sp³-hybridized carbons (Fsp3) is 0.533. The molecular formula is C15H21ClN2O3. The third-order valence-corrected chi connectivity index (χ3v) is 3.74. The van der Waals surface area contributed by atoms with Gasteiger partial charge in [0.25, 0.3) is 0 Å². The van der Waals surface area contributed by atoms with Crippen LogP contribution in [-0.2, 0) is 9.53 Å². The number of aliphatic hydroxyl groups is 1. The third-order valence-electron chi connectivity index (χ3n) is 3.49. The molecule has 1 aliphatic heterocycles. The Hall–Kier alpha value is -1.14. The number of amides is 1. The molecule has 1 fully saturated rings. The fourth-order valence-electron chi connectivity index (χ4n) is 2.23. The first-order chi connectivity index (χ1) is 10.1. The van der Waals surface area contributed by atoms with Gasteiger partial charge in [0.1, 0.15) is 0 Å². The van der Waals surface area contributed by atoms with Gasteiger partial charge in [-0.15, -0.1) is 0 Å². The average Bonchev–Trinajstić information content (AvgIpc) is 2.49. The standard InChI is InChI=1S/C15H21ClN2O3/c16-13-3-1-12(2-4-13)14(19)11-15(20)17-5-6-18-7-9-21-10-8-18/h1-4,14,19H,5-11H2,(H,17,20). The molecule has 1 aromatic rings. The lowest BCUT2D eigenvalue weighted by Crippen LogP contribution is -2.41. The summed E-state index contributed by atoms with van der Waals surface area (Å²) >= 11 is 5.79. The maximum atomic E-state index is 11.8. The molecule has 0 aliphatic carbocycles. The van der Waals surface area contributed by atoms with Gasteiger partial charge in [0, 0.05) is 31.2 Å². The van der Waals surface area contributed by atoms with Crippen molar-refractivity contribution in [2.75, 3.05) is 39.4 Å². The van der Waals surface area contributed by atoms with E-state index in [0.717, 1.165) is 32.8 Å². The Bertz CT molecular complexity index is 447. The second-order valence-corrected chi connectivity index (χ2v) is 5.51. The maximum absolute atomic E-state index is 11.8. The number of hydrogen-bond donors (Lipinski definition) is 2. The van der Waals surface area contributed by atoms with Crippen LogP contribution in [0, 0.1) is 0 Å². The number of benzene rings is 1. The predicted octanol–water partition coefficient (Wildman–Crippen LogP) is 1.21. The molecule has 0 spiro atoms. The number of halogens is 1. The van der Waals surface area contributed by atoms with Crippen LogP contribution in [0.1, 0.15) is 18.1 Å². The van der Waals surface area contributed by atoms with E-state index in [1.54, 1.807) is 24.3 Å². The third kappa shape index (κ3) is 5.63. The molecule has 1 aromatic carbocycles. The van der Waals surface area contributed by atoms with Crippen molar-refractivity contribution in [2.45, 2.75) is 12.5 Å². The molecule has 0 radical (unpaired) electrons. The predicted molar refractivity (Wildman–Crippen MR) is 81.3 cm³/mol. The van der Waals surface area contributed by atoms with E-state index in [2.05, 4.69) is 10.2 Å². The van der Waals surface area contributed by atoms with Crippen molar-refractivity contribution >= 4 is 17.5 Å². The second-order valence-electron chi connectivity index (χ2n) is 5.08. The van der Waals surface area contributed by atoms with E-state index in [1.165, 1.54) is 0 Å². The van der Waals surface area contributed by atoms with Crippen LogP contribution in [0.25, 0.3) is 0 Å². The van der Waals surface area contributed by atoms with Crippen molar-refractivity contribution in [2.24, 2.45) is 0 Å². The summed E-state index contributed by atoms with van der Waals surface area (Å²) in [6.07, 6.45) is -0.740.